The highest BCUT2D eigenvalue weighted by Gasteiger charge is 2.33. The Hall–Kier alpha value is -3.33. The van der Waals surface area contributed by atoms with Crippen LogP contribution in [0.3, 0.4) is 0 Å². The van der Waals surface area contributed by atoms with E-state index in [2.05, 4.69) is 10.6 Å². The van der Waals surface area contributed by atoms with Crippen molar-refractivity contribution >= 4 is 17.7 Å². The van der Waals surface area contributed by atoms with Crippen molar-refractivity contribution in [3.05, 3.63) is 54.0 Å². The van der Waals surface area contributed by atoms with E-state index in [1.807, 2.05) is 13.0 Å². The lowest BCUT2D eigenvalue weighted by molar-refractivity contribution is -0.140. The molecule has 0 aliphatic heterocycles. The number of amides is 3. The monoisotopic (exact) mass is 485 g/mol. The second-order valence-corrected chi connectivity index (χ2v) is 8.47. The molecule has 0 bridgehead atoms. The second kappa shape index (κ2) is 13.5. The van der Waals surface area contributed by atoms with Crippen LogP contribution in [0.2, 0.25) is 0 Å². The summed E-state index contributed by atoms with van der Waals surface area (Å²) in [7, 11) is 1.56. The van der Waals surface area contributed by atoms with Gasteiger partial charge in [0.1, 0.15) is 11.8 Å². The maximum Gasteiger partial charge on any atom is 0.287 e. The summed E-state index contributed by atoms with van der Waals surface area (Å²) in [5.74, 6) is -0.410. The molecule has 1 saturated carbocycles. The largest absolute Gasteiger partial charge is 0.497 e. The first-order chi connectivity index (χ1) is 17.0. The molecule has 3 rings (SSSR count). The molecule has 0 unspecified atom stereocenters. The first-order valence-corrected chi connectivity index (χ1v) is 12.2. The summed E-state index contributed by atoms with van der Waals surface area (Å²) >= 11 is 0. The summed E-state index contributed by atoms with van der Waals surface area (Å²) in [6.45, 7) is 2.94. The molecule has 0 spiro atoms. The van der Waals surface area contributed by atoms with Crippen molar-refractivity contribution in [2.45, 2.75) is 51.1 Å². The van der Waals surface area contributed by atoms with Gasteiger partial charge in [-0.2, -0.15) is 0 Å². The van der Waals surface area contributed by atoms with E-state index >= 15 is 0 Å². The smallest absolute Gasteiger partial charge is 0.287 e. The summed E-state index contributed by atoms with van der Waals surface area (Å²) < 4.78 is 15.9. The van der Waals surface area contributed by atoms with Crippen LogP contribution in [0.1, 0.15) is 61.2 Å². The van der Waals surface area contributed by atoms with Gasteiger partial charge in [0, 0.05) is 25.8 Å². The second-order valence-electron chi connectivity index (χ2n) is 8.47. The lowest BCUT2D eigenvalue weighted by Gasteiger charge is -2.32. The Morgan fingerprint density at radius 1 is 1.17 bits per heavy atom. The molecule has 190 valence electrons. The fourth-order valence-corrected chi connectivity index (χ4v) is 4.27. The molecule has 1 heterocycles. The maximum absolute atomic E-state index is 13.6. The Kier molecular flexibility index (Phi) is 10.2. The first kappa shape index (κ1) is 26.3. The van der Waals surface area contributed by atoms with E-state index < -0.39 is 11.9 Å². The average molecular weight is 486 g/mol. The number of methoxy groups -OCH3 is 1. The van der Waals surface area contributed by atoms with Crippen LogP contribution in [-0.4, -0.2) is 62.1 Å². The number of carbonyl (C=O) groups excluding carboxylic acids is 3. The van der Waals surface area contributed by atoms with Gasteiger partial charge in [0.25, 0.3) is 5.91 Å². The normalized spacial score (nSPS) is 14.3. The quantitative estimate of drug-likeness (QED) is 0.422. The fourth-order valence-electron chi connectivity index (χ4n) is 4.27. The summed E-state index contributed by atoms with van der Waals surface area (Å²) in [4.78, 5) is 40.8. The minimum absolute atomic E-state index is 0.0923. The standard InChI is InChI=1S/C26H35N3O6/c1-3-34-15-8-14-29(23(30)18-27-25(31)22-13-7-16-35-22)24(19-9-6-12-21(17-19)33-2)26(32)28-20-10-4-5-11-20/h6-7,9,12-13,16-17,20,24H,3-5,8,10-11,14-15,18H2,1-2H3,(H,27,31)(H,28,32)/t24-/m0/s1. The third kappa shape index (κ3) is 7.58. The molecule has 1 aromatic heterocycles. The Morgan fingerprint density at radius 2 is 1.97 bits per heavy atom. The van der Waals surface area contributed by atoms with Gasteiger partial charge in [0.05, 0.1) is 19.9 Å². The van der Waals surface area contributed by atoms with E-state index in [4.69, 9.17) is 13.9 Å². The molecule has 1 aromatic carbocycles. The van der Waals surface area contributed by atoms with Crippen LogP contribution >= 0.6 is 0 Å². The average Bonchev–Trinajstić information content (AvgIpc) is 3.59. The zero-order chi connectivity index (χ0) is 25.0. The van der Waals surface area contributed by atoms with Gasteiger partial charge in [0.15, 0.2) is 5.76 Å². The predicted molar refractivity (Wildman–Crippen MR) is 130 cm³/mol. The molecule has 0 saturated heterocycles. The Bertz CT molecular complexity index is 956. The Morgan fingerprint density at radius 3 is 2.66 bits per heavy atom. The van der Waals surface area contributed by atoms with Crippen molar-refractivity contribution in [3.63, 3.8) is 0 Å². The van der Waals surface area contributed by atoms with E-state index in [0.29, 0.717) is 30.9 Å². The van der Waals surface area contributed by atoms with Crippen LogP contribution in [0, 0.1) is 0 Å². The molecule has 3 amide bonds. The van der Waals surface area contributed by atoms with Crippen LogP contribution in [0.25, 0.3) is 0 Å². The molecule has 0 radical (unpaired) electrons. The van der Waals surface area contributed by atoms with Crippen molar-refractivity contribution in [1.82, 2.24) is 15.5 Å². The van der Waals surface area contributed by atoms with Crippen molar-refractivity contribution in [2.24, 2.45) is 0 Å². The number of ether oxygens (including phenoxy) is 2. The number of furan rings is 1. The highest BCUT2D eigenvalue weighted by Crippen LogP contribution is 2.27. The molecule has 9 nitrogen and oxygen atoms in total. The molecule has 2 N–H and O–H groups in total. The van der Waals surface area contributed by atoms with Crippen LogP contribution in [-0.2, 0) is 14.3 Å². The van der Waals surface area contributed by atoms with Gasteiger partial charge in [-0.1, -0.05) is 25.0 Å². The summed E-state index contributed by atoms with van der Waals surface area (Å²) in [5.41, 5.74) is 0.641. The summed E-state index contributed by atoms with van der Waals surface area (Å²) in [6.07, 6.45) is 5.93. The van der Waals surface area contributed by atoms with Gasteiger partial charge in [0.2, 0.25) is 11.8 Å². The summed E-state index contributed by atoms with van der Waals surface area (Å²) in [5, 5.41) is 5.73. The number of carbonyl (C=O) groups is 3. The van der Waals surface area contributed by atoms with E-state index in [9.17, 15) is 14.4 Å². The number of rotatable bonds is 13. The van der Waals surface area contributed by atoms with Crippen LogP contribution in [0.5, 0.6) is 5.75 Å². The molecule has 35 heavy (non-hydrogen) atoms. The van der Waals surface area contributed by atoms with Gasteiger partial charge in [-0.25, -0.2) is 0 Å². The first-order valence-electron chi connectivity index (χ1n) is 12.2. The molecule has 1 aliphatic rings. The number of benzene rings is 1. The van der Waals surface area contributed by atoms with Gasteiger partial charge in [-0.15, -0.1) is 0 Å². The lowest BCUT2D eigenvalue weighted by atomic mass is 10.0. The lowest BCUT2D eigenvalue weighted by Crippen LogP contribution is -2.49. The minimum atomic E-state index is -0.875. The Labute approximate surface area is 206 Å². The van der Waals surface area contributed by atoms with E-state index in [0.717, 1.165) is 25.7 Å². The van der Waals surface area contributed by atoms with Crippen LogP contribution in [0.4, 0.5) is 0 Å². The maximum atomic E-state index is 13.6. The Balaban J connectivity index is 1.84. The third-order valence-electron chi connectivity index (χ3n) is 6.03. The molecule has 1 aliphatic carbocycles. The number of nitrogens with zero attached hydrogens (tertiary/aromatic N) is 1. The zero-order valence-electron chi connectivity index (χ0n) is 20.5. The van der Waals surface area contributed by atoms with Gasteiger partial charge < -0.3 is 29.4 Å². The third-order valence-corrected chi connectivity index (χ3v) is 6.03. The van der Waals surface area contributed by atoms with Crippen molar-refractivity contribution in [3.8, 4) is 5.75 Å². The predicted octanol–water partition coefficient (Wildman–Crippen LogP) is 3.07. The molecular formula is C26H35N3O6. The molecular weight excluding hydrogens is 450 g/mol. The van der Waals surface area contributed by atoms with Crippen molar-refractivity contribution in [1.29, 1.82) is 0 Å². The number of hydrogen-bond donors (Lipinski definition) is 2. The van der Waals surface area contributed by atoms with Crippen LogP contribution in [0.15, 0.2) is 47.1 Å². The topological polar surface area (TPSA) is 110 Å². The highest BCUT2D eigenvalue weighted by atomic mass is 16.5. The fraction of sp³-hybridized carbons (Fsp3) is 0.500. The summed E-state index contributed by atoms with van der Waals surface area (Å²) in [6, 6.07) is 9.51. The SMILES string of the molecule is CCOCCCN(C(=O)CNC(=O)c1ccco1)[C@H](C(=O)NC1CCCC1)c1cccc(OC)c1. The van der Waals surface area contributed by atoms with Crippen molar-refractivity contribution in [2.75, 3.05) is 33.4 Å². The molecule has 9 heteroatoms. The van der Waals surface area contributed by atoms with E-state index in [1.54, 1.807) is 31.4 Å². The van der Waals surface area contributed by atoms with Gasteiger partial charge >= 0.3 is 0 Å². The minimum Gasteiger partial charge on any atom is -0.497 e. The molecule has 1 fully saturated rings. The molecule has 2 aromatic rings. The van der Waals surface area contributed by atoms with Crippen LogP contribution < -0.4 is 15.4 Å². The zero-order valence-corrected chi connectivity index (χ0v) is 20.5. The number of hydrogen-bond acceptors (Lipinski definition) is 6. The van der Waals surface area contributed by atoms with Crippen molar-refractivity contribution < 1.29 is 28.3 Å². The van der Waals surface area contributed by atoms with E-state index in [1.165, 1.54) is 17.2 Å². The molecule has 1 atom stereocenters. The highest BCUT2D eigenvalue weighted by molar-refractivity contribution is 5.95. The number of nitrogens with one attached hydrogen (secondary N) is 2. The van der Waals surface area contributed by atoms with Gasteiger partial charge in [-0.05, 0) is 56.0 Å². The van der Waals surface area contributed by atoms with E-state index in [-0.39, 0.29) is 36.7 Å². The van der Waals surface area contributed by atoms with Gasteiger partial charge in [-0.3, -0.25) is 14.4 Å².